The lowest BCUT2D eigenvalue weighted by molar-refractivity contribution is 1.04. The molecule has 0 saturated heterocycles. The molecule has 0 spiro atoms. The summed E-state index contributed by atoms with van der Waals surface area (Å²) in [6.07, 6.45) is 4.62. The van der Waals surface area contributed by atoms with E-state index in [1.54, 1.807) is 0 Å². The number of hydrogen-bond donors (Lipinski definition) is 1. The van der Waals surface area contributed by atoms with E-state index in [1.165, 1.54) is 11.1 Å². The van der Waals surface area contributed by atoms with Gasteiger partial charge in [0, 0.05) is 23.5 Å². The Balaban J connectivity index is 0.00000192. The molecular formula is C19H20ClN3. The van der Waals surface area contributed by atoms with E-state index in [0.717, 1.165) is 28.8 Å². The number of nitrogen functional groups attached to an aromatic ring is 1. The minimum atomic E-state index is 0. The first-order valence-corrected chi connectivity index (χ1v) is 7.46. The van der Waals surface area contributed by atoms with Crippen LogP contribution in [0.2, 0.25) is 0 Å². The molecule has 3 rings (SSSR count). The summed E-state index contributed by atoms with van der Waals surface area (Å²) in [5, 5.41) is 0. The first kappa shape index (κ1) is 17.0. The smallest absolute Gasteiger partial charge is 0.123 e. The van der Waals surface area contributed by atoms with Gasteiger partial charge in [0.15, 0.2) is 0 Å². The molecule has 118 valence electrons. The van der Waals surface area contributed by atoms with Gasteiger partial charge in [-0.05, 0) is 48.2 Å². The van der Waals surface area contributed by atoms with Crippen LogP contribution in [-0.2, 0) is 6.42 Å². The standard InChI is InChI=1S/C19H19N3.ClH/c1-3-18-17(8-9-19(20)22-18)16-7-5-4-6-15(16)14-10-13(2)11-21-12-14;/h4-12H,3H2,1-2H3,(H2,20,22);1H. The van der Waals surface area contributed by atoms with E-state index in [0.29, 0.717) is 5.82 Å². The van der Waals surface area contributed by atoms with E-state index in [2.05, 4.69) is 60.2 Å². The number of aromatic nitrogens is 2. The number of anilines is 1. The number of halogens is 1. The predicted molar refractivity (Wildman–Crippen MR) is 98.7 cm³/mol. The fourth-order valence-corrected chi connectivity index (χ4v) is 2.70. The van der Waals surface area contributed by atoms with Crippen molar-refractivity contribution in [2.75, 3.05) is 5.73 Å². The van der Waals surface area contributed by atoms with Crippen LogP contribution < -0.4 is 5.73 Å². The van der Waals surface area contributed by atoms with E-state index >= 15 is 0 Å². The SMILES string of the molecule is CCc1nc(N)ccc1-c1ccccc1-c1cncc(C)c1.Cl. The summed E-state index contributed by atoms with van der Waals surface area (Å²) in [5.41, 5.74) is 12.6. The van der Waals surface area contributed by atoms with Crippen LogP contribution in [0.5, 0.6) is 0 Å². The lowest BCUT2D eigenvalue weighted by Crippen LogP contribution is -1.98. The van der Waals surface area contributed by atoms with E-state index in [1.807, 2.05) is 18.5 Å². The molecule has 0 bridgehead atoms. The molecule has 2 heterocycles. The van der Waals surface area contributed by atoms with Crippen LogP contribution in [0.4, 0.5) is 5.82 Å². The zero-order chi connectivity index (χ0) is 15.5. The van der Waals surface area contributed by atoms with Gasteiger partial charge < -0.3 is 5.73 Å². The molecule has 23 heavy (non-hydrogen) atoms. The van der Waals surface area contributed by atoms with Crippen LogP contribution in [-0.4, -0.2) is 9.97 Å². The van der Waals surface area contributed by atoms with Crippen molar-refractivity contribution in [3.63, 3.8) is 0 Å². The van der Waals surface area contributed by atoms with Crippen molar-refractivity contribution in [1.82, 2.24) is 9.97 Å². The molecule has 0 amide bonds. The van der Waals surface area contributed by atoms with Crippen molar-refractivity contribution < 1.29 is 0 Å². The van der Waals surface area contributed by atoms with Crippen LogP contribution in [0.25, 0.3) is 22.3 Å². The maximum atomic E-state index is 5.83. The summed E-state index contributed by atoms with van der Waals surface area (Å²) in [6, 6.07) is 14.4. The van der Waals surface area contributed by atoms with E-state index in [4.69, 9.17) is 5.73 Å². The summed E-state index contributed by atoms with van der Waals surface area (Å²) in [6.45, 7) is 4.16. The first-order chi connectivity index (χ1) is 10.7. The molecule has 0 aliphatic rings. The third-order valence-corrected chi connectivity index (χ3v) is 3.73. The molecule has 0 unspecified atom stereocenters. The normalized spacial score (nSPS) is 10.2. The molecule has 3 nitrogen and oxygen atoms in total. The second-order valence-corrected chi connectivity index (χ2v) is 5.38. The van der Waals surface area contributed by atoms with Crippen LogP contribution in [0, 0.1) is 6.92 Å². The zero-order valence-electron chi connectivity index (χ0n) is 13.3. The summed E-state index contributed by atoms with van der Waals surface area (Å²) >= 11 is 0. The van der Waals surface area contributed by atoms with Gasteiger partial charge in [-0.25, -0.2) is 4.98 Å². The average molecular weight is 326 g/mol. The highest BCUT2D eigenvalue weighted by Crippen LogP contribution is 2.33. The second-order valence-electron chi connectivity index (χ2n) is 5.38. The van der Waals surface area contributed by atoms with Gasteiger partial charge in [0.1, 0.15) is 5.82 Å². The fourth-order valence-electron chi connectivity index (χ4n) is 2.70. The number of nitrogens with zero attached hydrogens (tertiary/aromatic N) is 2. The molecule has 0 aliphatic carbocycles. The van der Waals surface area contributed by atoms with Crippen LogP contribution in [0.1, 0.15) is 18.2 Å². The Bertz CT molecular complexity index is 815. The van der Waals surface area contributed by atoms with Gasteiger partial charge >= 0.3 is 0 Å². The summed E-state index contributed by atoms with van der Waals surface area (Å²) in [4.78, 5) is 8.80. The van der Waals surface area contributed by atoms with Crippen LogP contribution in [0.3, 0.4) is 0 Å². The van der Waals surface area contributed by atoms with Crippen molar-refractivity contribution in [2.45, 2.75) is 20.3 Å². The minimum absolute atomic E-state index is 0. The quantitative estimate of drug-likeness (QED) is 0.760. The number of hydrogen-bond acceptors (Lipinski definition) is 3. The van der Waals surface area contributed by atoms with Crippen molar-refractivity contribution in [3.8, 4) is 22.3 Å². The molecule has 0 aliphatic heterocycles. The molecule has 0 saturated carbocycles. The molecular weight excluding hydrogens is 306 g/mol. The Hall–Kier alpha value is -2.39. The molecule has 2 aromatic heterocycles. The summed E-state index contributed by atoms with van der Waals surface area (Å²) < 4.78 is 0. The molecule has 0 atom stereocenters. The molecule has 0 radical (unpaired) electrons. The van der Waals surface area contributed by atoms with Gasteiger partial charge in [0.2, 0.25) is 0 Å². The number of pyridine rings is 2. The maximum Gasteiger partial charge on any atom is 0.123 e. The maximum absolute atomic E-state index is 5.83. The van der Waals surface area contributed by atoms with Crippen molar-refractivity contribution in [3.05, 3.63) is 66.1 Å². The fraction of sp³-hybridized carbons (Fsp3) is 0.158. The summed E-state index contributed by atoms with van der Waals surface area (Å²) in [5.74, 6) is 0.565. The zero-order valence-corrected chi connectivity index (χ0v) is 14.1. The van der Waals surface area contributed by atoms with Crippen LogP contribution >= 0.6 is 12.4 Å². The number of rotatable bonds is 3. The predicted octanol–water partition coefficient (Wildman–Crippen LogP) is 4.69. The number of aryl methyl sites for hydroxylation is 2. The van der Waals surface area contributed by atoms with Gasteiger partial charge in [-0.3, -0.25) is 4.98 Å². The van der Waals surface area contributed by atoms with E-state index in [9.17, 15) is 0 Å². The van der Waals surface area contributed by atoms with Crippen molar-refractivity contribution in [2.24, 2.45) is 0 Å². The molecule has 2 N–H and O–H groups in total. The lowest BCUT2D eigenvalue weighted by Gasteiger charge is -2.13. The molecule has 4 heteroatoms. The highest BCUT2D eigenvalue weighted by atomic mass is 35.5. The Morgan fingerprint density at radius 1 is 0.957 bits per heavy atom. The highest BCUT2D eigenvalue weighted by molar-refractivity contribution is 5.85. The lowest BCUT2D eigenvalue weighted by atomic mass is 9.93. The van der Waals surface area contributed by atoms with Crippen molar-refractivity contribution >= 4 is 18.2 Å². The van der Waals surface area contributed by atoms with E-state index < -0.39 is 0 Å². The average Bonchev–Trinajstić information content (AvgIpc) is 2.55. The number of benzene rings is 1. The highest BCUT2D eigenvalue weighted by Gasteiger charge is 2.11. The molecule has 3 aromatic rings. The van der Waals surface area contributed by atoms with Crippen LogP contribution in [0.15, 0.2) is 54.9 Å². The largest absolute Gasteiger partial charge is 0.384 e. The van der Waals surface area contributed by atoms with Gasteiger partial charge in [-0.2, -0.15) is 0 Å². The van der Waals surface area contributed by atoms with Gasteiger partial charge in [0.05, 0.1) is 5.69 Å². The first-order valence-electron chi connectivity index (χ1n) is 7.46. The Kier molecular flexibility index (Phi) is 5.35. The van der Waals surface area contributed by atoms with Gasteiger partial charge in [0.25, 0.3) is 0 Å². The molecule has 0 fully saturated rings. The Labute approximate surface area is 143 Å². The second kappa shape index (κ2) is 7.25. The third-order valence-electron chi connectivity index (χ3n) is 3.73. The van der Waals surface area contributed by atoms with Gasteiger partial charge in [-0.15, -0.1) is 12.4 Å². The van der Waals surface area contributed by atoms with E-state index in [-0.39, 0.29) is 12.4 Å². The molecule has 1 aromatic carbocycles. The van der Waals surface area contributed by atoms with Crippen molar-refractivity contribution in [1.29, 1.82) is 0 Å². The van der Waals surface area contributed by atoms with Gasteiger partial charge in [-0.1, -0.05) is 31.2 Å². The Morgan fingerprint density at radius 3 is 2.39 bits per heavy atom. The third kappa shape index (κ3) is 3.51. The topological polar surface area (TPSA) is 51.8 Å². The summed E-state index contributed by atoms with van der Waals surface area (Å²) in [7, 11) is 0. The number of nitrogens with two attached hydrogens (primary N) is 1. The Morgan fingerprint density at radius 2 is 1.70 bits per heavy atom. The monoisotopic (exact) mass is 325 g/mol. The minimum Gasteiger partial charge on any atom is -0.384 e.